The number of aromatic hydroxyl groups is 1. The molecular weight excluding hydrogens is 208 g/mol. The molecule has 0 bridgehead atoms. The van der Waals surface area contributed by atoms with Gasteiger partial charge in [-0.25, -0.2) is 0 Å². The third kappa shape index (κ3) is 2.97. The summed E-state index contributed by atoms with van der Waals surface area (Å²) in [7, 11) is -2.69. The number of rotatable bonds is 3. The van der Waals surface area contributed by atoms with Crippen LogP contribution < -0.4 is 5.19 Å². The van der Waals surface area contributed by atoms with E-state index in [0.717, 1.165) is 0 Å². The Balaban J connectivity index is 2.86. The molecule has 1 N–H and O–H groups in total. The second-order valence-corrected chi connectivity index (χ2v) is 10.9. The molecule has 1 aromatic carbocycles. The van der Waals surface area contributed by atoms with Crippen molar-refractivity contribution in [2.45, 2.75) is 26.2 Å². The highest BCUT2D eigenvalue weighted by Gasteiger charge is 2.25. The zero-order chi connectivity index (χ0) is 10.8. The standard InChI is InChI=1S/C10H18O2Si2/c1-13(2)12-14(3,4)10-7-5-9(11)6-8-10/h5-8,11,13H,1-4H3. The summed E-state index contributed by atoms with van der Waals surface area (Å²) in [4.78, 5) is 0. The van der Waals surface area contributed by atoms with Gasteiger partial charge in [0.2, 0.25) is 8.32 Å². The Morgan fingerprint density at radius 1 is 1.14 bits per heavy atom. The van der Waals surface area contributed by atoms with Gasteiger partial charge in [0.25, 0.3) is 0 Å². The molecule has 0 amide bonds. The van der Waals surface area contributed by atoms with Crippen molar-refractivity contribution in [1.29, 1.82) is 0 Å². The van der Waals surface area contributed by atoms with Gasteiger partial charge in [0.1, 0.15) is 5.75 Å². The third-order valence-electron chi connectivity index (χ3n) is 2.09. The molecule has 4 heteroatoms. The summed E-state index contributed by atoms with van der Waals surface area (Å²) in [5, 5.41) is 10.4. The van der Waals surface area contributed by atoms with Crippen LogP contribution >= 0.6 is 0 Å². The van der Waals surface area contributed by atoms with Crippen molar-refractivity contribution < 1.29 is 9.22 Å². The second kappa shape index (κ2) is 4.29. The predicted octanol–water partition coefficient (Wildman–Crippen LogP) is 1.80. The first kappa shape index (κ1) is 11.5. The van der Waals surface area contributed by atoms with E-state index in [4.69, 9.17) is 4.12 Å². The van der Waals surface area contributed by atoms with Crippen molar-refractivity contribution in [1.82, 2.24) is 0 Å². The van der Waals surface area contributed by atoms with Crippen LogP contribution in [-0.2, 0) is 4.12 Å². The van der Waals surface area contributed by atoms with Gasteiger partial charge < -0.3 is 9.22 Å². The Kier molecular flexibility index (Phi) is 3.52. The maximum atomic E-state index is 9.19. The lowest BCUT2D eigenvalue weighted by atomic mass is 10.3. The first-order chi connectivity index (χ1) is 6.42. The Hall–Kier alpha value is -0.586. The van der Waals surface area contributed by atoms with Crippen LogP contribution in [0.2, 0.25) is 26.2 Å². The van der Waals surface area contributed by atoms with E-state index in [1.807, 2.05) is 12.1 Å². The van der Waals surface area contributed by atoms with Gasteiger partial charge in [-0.15, -0.1) is 0 Å². The van der Waals surface area contributed by atoms with E-state index in [0.29, 0.717) is 5.75 Å². The Morgan fingerprint density at radius 2 is 1.64 bits per heavy atom. The highest BCUT2D eigenvalue weighted by molar-refractivity contribution is 6.88. The summed E-state index contributed by atoms with van der Waals surface area (Å²) in [5.74, 6) is 0.320. The van der Waals surface area contributed by atoms with E-state index in [-0.39, 0.29) is 0 Å². The molecule has 0 saturated carbocycles. The SMILES string of the molecule is C[SiH](C)O[Si](C)(C)c1ccc(O)cc1. The van der Waals surface area contributed by atoms with Gasteiger partial charge in [-0.3, -0.25) is 0 Å². The smallest absolute Gasteiger partial charge is 0.205 e. The first-order valence-corrected chi connectivity index (χ1v) is 10.6. The summed E-state index contributed by atoms with van der Waals surface area (Å²) in [5.41, 5.74) is 0. The van der Waals surface area contributed by atoms with Crippen LogP contribution in [0.25, 0.3) is 0 Å². The minimum absolute atomic E-state index is 0.320. The molecular formula is C10H18O2Si2. The Morgan fingerprint density at radius 3 is 2.07 bits per heavy atom. The van der Waals surface area contributed by atoms with Gasteiger partial charge >= 0.3 is 0 Å². The molecule has 0 aromatic heterocycles. The van der Waals surface area contributed by atoms with E-state index in [1.165, 1.54) is 5.19 Å². The lowest BCUT2D eigenvalue weighted by Crippen LogP contribution is -2.47. The summed E-state index contributed by atoms with van der Waals surface area (Å²) in [6.45, 7) is 8.78. The minimum atomic E-state index is -1.71. The molecule has 0 aliphatic rings. The van der Waals surface area contributed by atoms with E-state index in [2.05, 4.69) is 26.2 Å². The topological polar surface area (TPSA) is 29.5 Å². The monoisotopic (exact) mass is 226 g/mol. The van der Waals surface area contributed by atoms with Crippen LogP contribution in [0.1, 0.15) is 0 Å². The fourth-order valence-electron chi connectivity index (χ4n) is 1.52. The highest BCUT2D eigenvalue weighted by atomic mass is 28.4. The molecule has 0 atom stereocenters. The summed E-state index contributed by atoms with van der Waals surface area (Å²) >= 11 is 0. The molecule has 0 unspecified atom stereocenters. The summed E-state index contributed by atoms with van der Waals surface area (Å²) < 4.78 is 6.06. The number of phenols is 1. The van der Waals surface area contributed by atoms with Gasteiger partial charge in [0.15, 0.2) is 9.04 Å². The maximum Gasteiger partial charge on any atom is 0.205 e. The van der Waals surface area contributed by atoms with Crippen molar-refractivity contribution >= 4 is 22.5 Å². The van der Waals surface area contributed by atoms with Crippen molar-refractivity contribution in [2.24, 2.45) is 0 Å². The molecule has 14 heavy (non-hydrogen) atoms. The van der Waals surface area contributed by atoms with Gasteiger partial charge in [-0.1, -0.05) is 12.1 Å². The van der Waals surface area contributed by atoms with E-state index in [1.54, 1.807) is 12.1 Å². The fourth-order valence-corrected chi connectivity index (χ4v) is 7.75. The van der Waals surface area contributed by atoms with Gasteiger partial charge in [0, 0.05) is 0 Å². The van der Waals surface area contributed by atoms with Gasteiger partial charge in [0.05, 0.1) is 0 Å². The molecule has 0 saturated heterocycles. The molecule has 1 rings (SSSR count). The predicted molar refractivity (Wildman–Crippen MR) is 65.2 cm³/mol. The van der Waals surface area contributed by atoms with E-state index in [9.17, 15) is 5.11 Å². The molecule has 0 spiro atoms. The normalized spacial score (nSPS) is 12.1. The summed E-state index contributed by atoms with van der Waals surface area (Å²) in [6.07, 6.45) is 0. The van der Waals surface area contributed by atoms with E-state index < -0.39 is 17.4 Å². The van der Waals surface area contributed by atoms with Crippen LogP contribution in [0, 0.1) is 0 Å². The fraction of sp³-hybridized carbons (Fsp3) is 0.400. The molecule has 2 nitrogen and oxygen atoms in total. The molecule has 0 fully saturated rings. The largest absolute Gasteiger partial charge is 0.508 e. The second-order valence-electron chi connectivity index (χ2n) is 4.22. The molecule has 0 heterocycles. The zero-order valence-corrected chi connectivity index (χ0v) is 11.4. The van der Waals surface area contributed by atoms with Crippen LogP contribution in [0.4, 0.5) is 0 Å². The first-order valence-electron chi connectivity index (χ1n) is 4.89. The molecule has 0 radical (unpaired) electrons. The highest BCUT2D eigenvalue weighted by Crippen LogP contribution is 2.10. The van der Waals surface area contributed by atoms with Crippen molar-refractivity contribution in [3.8, 4) is 5.75 Å². The third-order valence-corrected chi connectivity index (χ3v) is 8.06. The van der Waals surface area contributed by atoms with Gasteiger partial charge in [-0.05, 0) is 43.5 Å². The number of phenolic OH excluding ortho intramolecular Hbond substituents is 1. The number of hydrogen-bond acceptors (Lipinski definition) is 2. The molecule has 1 aromatic rings. The minimum Gasteiger partial charge on any atom is -0.508 e. The van der Waals surface area contributed by atoms with Crippen molar-refractivity contribution in [3.63, 3.8) is 0 Å². The van der Waals surface area contributed by atoms with Crippen molar-refractivity contribution in [2.75, 3.05) is 0 Å². The molecule has 78 valence electrons. The van der Waals surface area contributed by atoms with Crippen LogP contribution in [0.15, 0.2) is 24.3 Å². The zero-order valence-electron chi connectivity index (χ0n) is 9.24. The van der Waals surface area contributed by atoms with Crippen LogP contribution in [0.3, 0.4) is 0 Å². The lowest BCUT2D eigenvalue weighted by molar-refractivity contribution is 0.475. The van der Waals surface area contributed by atoms with E-state index >= 15 is 0 Å². The average molecular weight is 226 g/mol. The van der Waals surface area contributed by atoms with Crippen LogP contribution in [-0.4, -0.2) is 22.5 Å². The lowest BCUT2D eigenvalue weighted by Gasteiger charge is -2.26. The average Bonchev–Trinajstić information content (AvgIpc) is 2.02. The van der Waals surface area contributed by atoms with Crippen LogP contribution in [0.5, 0.6) is 5.75 Å². The number of benzene rings is 1. The summed E-state index contributed by atoms with van der Waals surface area (Å²) in [6, 6.07) is 7.40. The van der Waals surface area contributed by atoms with Gasteiger partial charge in [-0.2, -0.15) is 0 Å². The molecule has 0 aliphatic carbocycles. The quantitative estimate of drug-likeness (QED) is 0.797. The number of hydrogen-bond donors (Lipinski definition) is 1. The molecule has 0 aliphatic heterocycles. The van der Waals surface area contributed by atoms with Crippen molar-refractivity contribution in [3.05, 3.63) is 24.3 Å². The maximum absolute atomic E-state index is 9.19. The Labute approximate surface area is 88.4 Å². The Bertz CT molecular complexity index is 293.